The van der Waals surface area contributed by atoms with Gasteiger partial charge in [0, 0.05) is 77.2 Å². The minimum absolute atomic E-state index is 0.817. The summed E-state index contributed by atoms with van der Waals surface area (Å²) in [6, 6.07) is 24.6. The molecule has 0 bridgehead atoms. The van der Waals surface area contributed by atoms with Crippen molar-refractivity contribution >= 4 is 39.1 Å². The van der Waals surface area contributed by atoms with Gasteiger partial charge in [-0.1, -0.05) is 75.2 Å². The summed E-state index contributed by atoms with van der Waals surface area (Å²) in [5.41, 5.74) is 8.81. The van der Waals surface area contributed by atoms with Crippen molar-refractivity contribution in [2.75, 3.05) is 18.0 Å². The number of halogens is 1. The van der Waals surface area contributed by atoms with Gasteiger partial charge in [0.15, 0.2) is 0 Å². The van der Waals surface area contributed by atoms with E-state index in [1.165, 1.54) is 44.2 Å². The van der Waals surface area contributed by atoms with Crippen molar-refractivity contribution in [3.05, 3.63) is 101 Å². The van der Waals surface area contributed by atoms with Crippen LogP contribution in [0.5, 0.6) is 0 Å². The number of aromatic nitrogens is 2. The molecule has 4 heteroatoms. The monoisotopic (exact) mass is 537 g/mol. The molecule has 0 saturated carbocycles. The van der Waals surface area contributed by atoms with Crippen molar-refractivity contribution in [3.63, 3.8) is 0 Å². The Morgan fingerprint density at radius 2 is 1.31 bits per heavy atom. The fourth-order valence-electron chi connectivity index (χ4n) is 6.54. The number of aryl methyl sites for hydroxylation is 2. The molecule has 0 spiro atoms. The number of rotatable bonds is 10. The van der Waals surface area contributed by atoms with E-state index in [0.717, 1.165) is 63.8 Å². The molecule has 0 amide bonds. The number of unbranched alkanes of at least 4 members (excludes halogenated alkanes) is 2. The normalized spacial score (nSPS) is 13.6. The second-order valence-corrected chi connectivity index (χ2v) is 11.6. The summed E-state index contributed by atoms with van der Waals surface area (Å²) in [5.74, 6) is 0. The molecule has 0 atom stereocenters. The molecule has 0 saturated heterocycles. The number of para-hydroxylation sites is 2. The first-order valence-corrected chi connectivity index (χ1v) is 15.2. The molecule has 5 aromatic rings. The molecule has 0 radical (unpaired) electrons. The van der Waals surface area contributed by atoms with Crippen LogP contribution in [0.2, 0.25) is 0 Å². The molecule has 1 aliphatic heterocycles. The molecule has 39 heavy (non-hydrogen) atoms. The predicted octanol–water partition coefficient (Wildman–Crippen LogP) is 9.11. The van der Waals surface area contributed by atoms with Crippen molar-refractivity contribution in [2.24, 2.45) is 0 Å². The Kier molecular flexibility index (Phi) is 7.20. The first kappa shape index (κ1) is 26.1. The maximum absolute atomic E-state index is 8.20. The highest BCUT2D eigenvalue weighted by atomic mass is 35.5. The van der Waals surface area contributed by atoms with Gasteiger partial charge in [0.1, 0.15) is 4.87 Å². The van der Waals surface area contributed by atoms with Crippen LogP contribution in [0.1, 0.15) is 68.7 Å². The number of anilines is 1. The number of benzene rings is 3. The first-order chi connectivity index (χ1) is 19.1. The Morgan fingerprint density at radius 3 is 1.85 bits per heavy atom. The summed E-state index contributed by atoms with van der Waals surface area (Å²) in [4.78, 5) is 1.66. The van der Waals surface area contributed by atoms with Gasteiger partial charge in [-0.25, -0.2) is 0 Å². The summed E-state index contributed by atoms with van der Waals surface area (Å²) in [7, 11) is 0. The van der Waals surface area contributed by atoms with Gasteiger partial charge >= 0.3 is 0 Å². The molecule has 6 rings (SSSR count). The van der Waals surface area contributed by atoms with E-state index >= 15 is 0 Å². The van der Waals surface area contributed by atoms with Gasteiger partial charge in [-0.3, -0.25) is 0 Å². The molecule has 2 aromatic heterocycles. The highest BCUT2D eigenvalue weighted by Gasteiger charge is 2.40. The third-order valence-electron chi connectivity index (χ3n) is 8.68. The summed E-state index contributed by atoms with van der Waals surface area (Å²) >= 11 is 8.20. The van der Waals surface area contributed by atoms with Crippen molar-refractivity contribution in [3.8, 4) is 0 Å². The van der Waals surface area contributed by atoms with Gasteiger partial charge in [-0.05, 0) is 55.5 Å². The fraction of sp³-hybridized carbons (Fsp3) is 0.371. The third-order valence-corrected chi connectivity index (χ3v) is 9.30. The van der Waals surface area contributed by atoms with Crippen molar-refractivity contribution in [1.82, 2.24) is 9.13 Å². The van der Waals surface area contributed by atoms with Crippen LogP contribution >= 0.6 is 11.6 Å². The number of hydrogen-bond donors (Lipinski definition) is 0. The SMILES string of the molecule is CCCCn1cc(C(Cl)(c2ccc3c(c2)CCN3CC)c2cn(CCCC)c3ccccc23)c2ccccc21. The van der Waals surface area contributed by atoms with Crippen LogP contribution < -0.4 is 4.90 Å². The average molecular weight is 538 g/mol. The average Bonchev–Trinajstić information content (AvgIpc) is 3.68. The molecule has 3 aromatic carbocycles. The van der Waals surface area contributed by atoms with Gasteiger partial charge in [0.05, 0.1) is 0 Å². The maximum atomic E-state index is 8.20. The third kappa shape index (κ3) is 4.36. The number of likely N-dealkylation sites (N-methyl/N-ethyl adjacent to an activating group) is 1. The van der Waals surface area contributed by atoms with E-state index in [9.17, 15) is 0 Å². The van der Waals surface area contributed by atoms with Gasteiger partial charge < -0.3 is 14.0 Å². The van der Waals surface area contributed by atoms with Crippen LogP contribution in [0, 0.1) is 0 Å². The zero-order valence-corrected chi connectivity index (χ0v) is 24.3. The van der Waals surface area contributed by atoms with Crippen LogP contribution in [0.15, 0.2) is 79.1 Å². The lowest BCUT2D eigenvalue weighted by atomic mass is 9.83. The first-order valence-electron chi connectivity index (χ1n) is 14.8. The molecule has 0 N–H and O–H groups in total. The molecular formula is C35H40ClN3. The van der Waals surface area contributed by atoms with Gasteiger partial charge in [-0.15, -0.1) is 11.6 Å². The number of alkyl halides is 1. The number of hydrogen-bond acceptors (Lipinski definition) is 1. The molecule has 1 aliphatic rings. The Hall–Kier alpha value is -3.17. The predicted molar refractivity (Wildman–Crippen MR) is 167 cm³/mol. The van der Waals surface area contributed by atoms with Crippen LogP contribution in [-0.2, 0) is 24.4 Å². The zero-order valence-electron chi connectivity index (χ0n) is 23.6. The highest BCUT2D eigenvalue weighted by molar-refractivity contribution is 6.30. The summed E-state index contributed by atoms with van der Waals surface area (Å²) in [6.45, 7) is 10.9. The number of fused-ring (bicyclic) bond motifs is 3. The standard InChI is InChI=1S/C35H40ClN3/c1-4-7-20-38-24-30(28-13-9-11-15-33(28)38)35(36,27-17-18-32-26(23-27)19-22-37(32)6-3)31-25-39(21-8-5-2)34-16-12-10-14-29(31)34/h9-18,23-25H,4-8,19-22H2,1-3H3. The minimum atomic E-state index is -0.817. The number of nitrogens with zero attached hydrogens (tertiary/aromatic N) is 3. The zero-order chi connectivity index (χ0) is 27.0. The topological polar surface area (TPSA) is 13.1 Å². The van der Waals surface area contributed by atoms with E-state index in [4.69, 9.17) is 11.6 Å². The molecule has 0 aliphatic carbocycles. The fourth-order valence-corrected chi connectivity index (χ4v) is 6.96. The Bertz CT molecular complexity index is 1520. The molecule has 3 nitrogen and oxygen atoms in total. The van der Waals surface area contributed by atoms with Crippen LogP contribution in [0.4, 0.5) is 5.69 Å². The Balaban J connectivity index is 1.64. The lowest BCUT2D eigenvalue weighted by molar-refractivity contribution is 0.643. The Morgan fingerprint density at radius 1 is 0.744 bits per heavy atom. The summed E-state index contributed by atoms with van der Waals surface area (Å²) < 4.78 is 4.85. The quantitative estimate of drug-likeness (QED) is 0.162. The second-order valence-electron chi connectivity index (χ2n) is 11.0. The van der Waals surface area contributed by atoms with Crippen LogP contribution in [0.3, 0.4) is 0 Å². The van der Waals surface area contributed by atoms with Crippen molar-refractivity contribution in [1.29, 1.82) is 0 Å². The smallest absolute Gasteiger partial charge is 0.124 e. The van der Waals surface area contributed by atoms with Gasteiger partial charge in [0.25, 0.3) is 0 Å². The molecule has 3 heterocycles. The Labute approximate surface area is 238 Å². The molecule has 0 fully saturated rings. The van der Waals surface area contributed by atoms with E-state index in [1.54, 1.807) is 0 Å². The van der Waals surface area contributed by atoms with E-state index in [2.05, 4.69) is 114 Å². The van der Waals surface area contributed by atoms with Crippen molar-refractivity contribution < 1.29 is 0 Å². The van der Waals surface area contributed by atoms with Crippen LogP contribution in [-0.4, -0.2) is 22.2 Å². The molecule has 202 valence electrons. The lowest BCUT2D eigenvalue weighted by Crippen LogP contribution is -2.23. The largest absolute Gasteiger partial charge is 0.371 e. The van der Waals surface area contributed by atoms with Crippen molar-refractivity contribution in [2.45, 2.75) is 70.8 Å². The minimum Gasteiger partial charge on any atom is -0.371 e. The highest BCUT2D eigenvalue weighted by Crippen LogP contribution is 2.50. The summed E-state index contributed by atoms with van der Waals surface area (Å²) in [6.07, 6.45) is 10.4. The lowest BCUT2D eigenvalue weighted by Gasteiger charge is -2.29. The maximum Gasteiger partial charge on any atom is 0.124 e. The molecular weight excluding hydrogens is 498 g/mol. The van der Waals surface area contributed by atoms with E-state index in [0.29, 0.717) is 0 Å². The second kappa shape index (κ2) is 10.8. The van der Waals surface area contributed by atoms with Gasteiger partial charge in [-0.2, -0.15) is 0 Å². The van der Waals surface area contributed by atoms with Gasteiger partial charge in [0.2, 0.25) is 0 Å². The van der Waals surface area contributed by atoms with Crippen LogP contribution in [0.25, 0.3) is 21.8 Å². The van der Waals surface area contributed by atoms with E-state index < -0.39 is 4.87 Å². The summed E-state index contributed by atoms with van der Waals surface area (Å²) in [5, 5.41) is 2.48. The van der Waals surface area contributed by atoms with E-state index in [1.807, 2.05) is 0 Å². The molecule has 0 unspecified atom stereocenters. The van der Waals surface area contributed by atoms with E-state index in [-0.39, 0.29) is 0 Å².